The molecule has 0 bridgehead atoms. The molecule has 0 aliphatic heterocycles. The molecule has 0 aliphatic rings. The van der Waals surface area contributed by atoms with Crippen LogP contribution in [0.25, 0.3) is 0 Å². The number of nitrogens with zero attached hydrogens (tertiary/aromatic N) is 1. The predicted octanol–water partition coefficient (Wildman–Crippen LogP) is 3.17. The van der Waals surface area contributed by atoms with Crippen molar-refractivity contribution in [2.24, 2.45) is 0 Å². The summed E-state index contributed by atoms with van der Waals surface area (Å²) in [4.78, 5) is 24.4. The molecule has 21 heavy (non-hydrogen) atoms. The number of carbonyl (C=O) groups excluding carboxylic acids is 1. The van der Waals surface area contributed by atoms with E-state index in [1.165, 1.54) is 12.0 Å². The van der Waals surface area contributed by atoms with E-state index in [1.807, 2.05) is 0 Å². The second-order valence-corrected chi connectivity index (χ2v) is 6.28. The van der Waals surface area contributed by atoms with Crippen LogP contribution < -0.4 is 10.1 Å². The van der Waals surface area contributed by atoms with Gasteiger partial charge >= 0.3 is 12.0 Å². The molecule has 0 heterocycles. The third kappa shape index (κ3) is 4.93. The molecule has 0 spiro atoms. The maximum absolute atomic E-state index is 12.3. The number of amides is 2. The number of anilines is 1. The maximum atomic E-state index is 12.3. The van der Waals surface area contributed by atoms with Crippen molar-refractivity contribution in [1.82, 2.24) is 4.90 Å². The summed E-state index contributed by atoms with van der Waals surface area (Å²) in [7, 11) is 1.53. The van der Waals surface area contributed by atoms with Gasteiger partial charge in [-0.25, -0.2) is 4.79 Å². The van der Waals surface area contributed by atoms with Crippen molar-refractivity contribution < 1.29 is 19.4 Å². The minimum Gasteiger partial charge on any atom is -0.495 e. The molecule has 2 amide bonds. The highest BCUT2D eigenvalue weighted by atomic mass is 79.9. The van der Waals surface area contributed by atoms with Crippen molar-refractivity contribution in [2.75, 3.05) is 19.0 Å². The Bertz CT molecular complexity index is 540. The number of urea groups is 1. The number of aliphatic carboxylic acids is 1. The van der Waals surface area contributed by atoms with E-state index in [0.717, 1.165) is 4.47 Å². The number of carboxylic acid groups (broad SMARTS) is 1. The van der Waals surface area contributed by atoms with E-state index in [-0.39, 0.29) is 6.54 Å². The number of ether oxygens (including phenoxy) is 1. The number of methoxy groups -OCH3 is 1. The SMILES string of the molecule is COc1cc(NC(=O)N(CC(=O)O)C(C)(C)C)ccc1Br. The summed E-state index contributed by atoms with van der Waals surface area (Å²) in [5, 5.41) is 11.6. The molecule has 0 aromatic heterocycles. The molecule has 116 valence electrons. The molecule has 0 unspecified atom stereocenters. The Kier molecular flexibility index (Phi) is 5.60. The Labute approximate surface area is 132 Å². The molecule has 1 rings (SSSR count). The lowest BCUT2D eigenvalue weighted by molar-refractivity contribution is -0.138. The predicted molar refractivity (Wildman–Crippen MR) is 83.8 cm³/mol. The van der Waals surface area contributed by atoms with E-state index in [1.54, 1.807) is 39.0 Å². The van der Waals surface area contributed by atoms with Crippen LogP contribution in [0.4, 0.5) is 10.5 Å². The molecule has 0 atom stereocenters. The maximum Gasteiger partial charge on any atom is 0.323 e. The Hall–Kier alpha value is -1.76. The third-order valence-electron chi connectivity index (χ3n) is 2.75. The Morgan fingerprint density at radius 2 is 2.00 bits per heavy atom. The zero-order valence-corrected chi connectivity index (χ0v) is 14.0. The lowest BCUT2D eigenvalue weighted by Gasteiger charge is -2.34. The fourth-order valence-electron chi connectivity index (χ4n) is 1.68. The number of carboxylic acids is 1. The quantitative estimate of drug-likeness (QED) is 0.866. The number of nitrogens with one attached hydrogen (secondary N) is 1. The van der Waals surface area contributed by atoms with Gasteiger partial charge in [0.15, 0.2) is 0 Å². The average Bonchev–Trinajstić information content (AvgIpc) is 2.36. The third-order valence-corrected chi connectivity index (χ3v) is 3.41. The van der Waals surface area contributed by atoms with Gasteiger partial charge in [-0.15, -0.1) is 0 Å². The van der Waals surface area contributed by atoms with Gasteiger partial charge in [0.05, 0.1) is 11.6 Å². The van der Waals surface area contributed by atoms with Crippen molar-refractivity contribution >= 4 is 33.6 Å². The van der Waals surface area contributed by atoms with E-state index in [9.17, 15) is 9.59 Å². The van der Waals surface area contributed by atoms with Crippen LogP contribution in [0.3, 0.4) is 0 Å². The van der Waals surface area contributed by atoms with Gasteiger partial charge in [0, 0.05) is 17.3 Å². The van der Waals surface area contributed by atoms with Crippen molar-refractivity contribution in [3.05, 3.63) is 22.7 Å². The highest BCUT2D eigenvalue weighted by Crippen LogP contribution is 2.28. The molecular formula is C14H19BrN2O4. The second kappa shape index (κ2) is 6.80. The van der Waals surface area contributed by atoms with Crippen molar-refractivity contribution in [3.63, 3.8) is 0 Å². The molecule has 1 aromatic carbocycles. The van der Waals surface area contributed by atoms with Gasteiger partial charge in [-0.1, -0.05) is 0 Å². The molecular weight excluding hydrogens is 340 g/mol. The van der Waals surface area contributed by atoms with Crippen LogP contribution in [-0.2, 0) is 4.79 Å². The van der Waals surface area contributed by atoms with Crippen LogP contribution in [0.1, 0.15) is 20.8 Å². The smallest absolute Gasteiger partial charge is 0.323 e. The zero-order valence-electron chi connectivity index (χ0n) is 12.4. The topological polar surface area (TPSA) is 78.9 Å². The number of carbonyl (C=O) groups is 2. The normalized spacial score (nSPS) is 10.9. The number of hydrogen-bond donors (Lipinski definition) is 2. The fourth-order valence-corrected chi connectivity index (χ4v) is 2.09. The Morgan fingerprint density at radius 3 is 2.48 bits per heavy atom. The average molecular weight is 359 g/mol. The summed E-state index contributed by atoms with van der Waals surface area (Å²) in [6, 6.07) is 4.62. The molecule has 0 fully saturated rings. The lowest BCUT2D eigenvalue weighted by atomic mass is 10.1. The highest BCUT2D eigenvalue weighted by Gasteiger charge is 2.28. The molecule has 6 nitrogen and oxygen atoms in total. The molecule has 1 aromatic rings. The van der Waals surface area contributed by atoms with Crippen molar-refractivity contribution in [2.45, 2.75) is 26.3 Å². The van der Waals surface area contributed by atoms with Gasteiger partial charge in [0.1, 0.15) is 12.3 Å². The first-order valence-electron chi connectivity index (χ1n) is 6.29. The van der Waals surface area contributed by atoms with Crippen LogP contribution in [0, 0.1) is 0 Å². The summed E-state index contributed by atoms with van der Waals surface area (Å²) in [5.74, 6) is -0.484. The van der Waals surface area contributed by atoms with E-state index in [0.29, 0.717) is 11.4 Å². The van der Waals surface area contributed by atoms with E-state index in [2.05, 4.69) is 21.2 Å². The van der Waals surface area contributed by atoms with Gasteiger partial charge in [-0.2, -0.15) is 0 Å². The second-order valence-electron chi connectivity index (χ2n) is 5.43. The summed E-state index contributed by atoms with van der Waals surface area (Å²) in [6.07, 6.45) is 0. The lowest BCUT2D eigenvalue weighted by Crippen LogP contribution is -2.50. The largest absolute Gasteiger partial charge is 0.495 e. The van der Waals surface area contributed by atoms with Gasteiger partial charge < -0.3 is 20.1 Å². The molecule has 0 saturated carbocycles. The van der Waals surface area contributed by atoms with Crippen molar-refractivity contribution in [3.8, 4) is 5.75 Å². The summed E-state index contributed by atoms with van der Waals surface area (Å²) >= 11 is 3.32. The van der Waals surface area contributed by atoms with Gasteiger partial charge in [0.2, 0.25) is 0 Å². The van der Waals surface area contributed by atoms with E-state index >= 15 is 0 Å². The zero-order chi connectivity index (χ0) is 16.2. The van der Waals surface area contributed by atoms with Crippen LogP contribution in [0.5, 0.6) is 5.75 Å². The highest BCUT2D eigenvalue weighted by molar-refractivity contribution is 9.10. The standard InChI is InChI=1S/C14H19BrN2O4/c1-14(2,3)17(8-12(18)19)13(20)16-9-5-6-10(15)11(7-9)21-4/h5-7H,8H2,1-4H3,(H,16,20)(H,18,19). The Morgan fingerprint density at radius 1 is 1.38 bits per heavy atom. The summed E-state index contributed by atoms with van der Waals surface area (Å²) in [6.45, 7) is 4.95. The molecule has 0 aliphatic carbocycles. The minimum absolute atomic E-state index is 0.372. The number of rotatable bonds is 4. The first-order chi connectivity index (χ1) is 9.65. The molecule has 0 saturated heterocycles. The van der Waals surface area contributed by atoms with Crippen LogP contribution >= 0.6 is 15.9 Å². The molecule has 2 N–H and O–H groups in total. The van der Waals surface area contributed by atoms with Gasteiger partial charge in [-0.05, 0) is 48.8 Å². The molecule has 7 heteroatoms. The number of hydrogen-bond acceptors (Lipinski definition) is 3. The number of halogens is 1. The molecule has 0 radical (unpaired) electrons. The summed E-state index contributed by atoms with van der Waals surface area (Å²) in [5.41, 5.74) is -0.0817. The Balaban J connectivity index is 2.94. The van der Waals surface area contributed by atoms with Crippen molar-refractivity contribution in [1.29, 1.82) is 0 Å². The monoisotopic (exact) mass is 358 g/mol. The van der Waals surface area contributed by atoms with Gasteiger partial charge in [0.25, 0.3) is 0 Å². The van der Waals surface area contributed by atoms with E-state index < -0.39 is 17.5 Å². The minimum atomic E-state index is -1.06. The van der Waals surface area contributed by atoms with Gasteiger partial charge in [-0.3, -0.25) is 4.79 Å². The van der Waals surface area contributed by atoms with E-state index in [4.69, 9.17) is 9.84 Å². The number of benzene rings is 1. The van der Waals surface area contributed by atoms with Crippen LogP contribution in [0.2, 0.25) is 0 Å². The summed E-state index contributed by atoms with van der Waals surface area (Å²) < 4.78 is 5.92. The van der Waals surface area contributed by atoms with Crippen LogP contribution in [0.15, 0.2) is 22.7 Å². The fraction of sp³-hybridized carbons (Fsp3) is 0.429. The first kappa shape index (κ1) is 17.3. The first-order valence-corrected chi connectivity index (χ1v) is 7.08. The van der Waals surface area contributed by atoms with Crippen LogP contribution in [-0.4, -0.2) is 41.2 Å².